The monoisotopic (exact) mass is 371 g/mol. The van der Waals surface area contributed by atoms with Crippen molar-refractivity contribution in [2.45, 2.75) is 71.1 Å². The second-order valence-electron chi connectivity index (χ2n) is 7.79. The molecule has 146 valence electrons. The van der Waals surface area contributed by atoms with Gasteiger partial charge in [-0.1, -0.05) is 32.3 Å². The summed E-state index contributed by atoms with van der Waals surface area (Å²) in [6.45, 7) is 6.41. The van der Waals surface area contributed by atoms with Crippen molar-refractivity contribution < 1.29 is 14.1 Å². The number of hydrogen-bond acceptors (Lipinski definition) is 6. The second kappa shape index (κ2) is 7.79. The van der Waals surface area contributed by atoms with Crippen LogP contribution in [-0.4, -0.2) is 28.2 Å². The first kappa shape index (κ1) is 19.5. The Morgan fingerprint density at radius 2 is 1.85 bits per heavy atom. The summed E-state index contributed by atoms with van der Waals surface area (Å²) >= 11 is 0. The Morgan fingerprint density at radius 3 is 2.48 bits per heavy atom. The molecule has 0 N–H and O–H groups in total. The van der Waals surface area contributed by atoms with Crippen molar-refractivity contribution >= 4 is 5.97 Å². The molecule has 2 aromatic rings. The molecule has 27 heavy (non-hydrogen) atoms. The Morgan fingerprint density at radius 1 is 1.11 bits per heavy atom. The largest absolute Gasteiger partial charge is 0.464 e. The normalized spacial score (nSPS) is 26.7. The van der Waals surface area contributed by atoms with Crippen LogP contribution in [0.2, 0.25) is 0 Å². The Kier molecular flexibility index (Phi) is 5.63. The molecule has 2 aromatic heterocycles. The third-order valence-corrected chi connectivity index (χ3v) is 6.15. The molecule has 6 nitrogen and oxygen atoms in total. The van der Waals surface area contributed by atoms with Gasteiger partial charge in [0, 0.05) is 17.2 Å². The maximum atomic E-state index is 11.5. The van der Waals surface area contributed by atoms with Gasteiger partial charge in [0.25, 0.3) is 0 Å². The van der Waals surface area contributed by atoms with E-state index in [1.165, 1.54) is 32.8 Å². The van der Waals surface area contributed by atoms with Crippen molar-refractivity contribution in [3.8, 4) is 11.4 Å². The molecular formula is C21H29N3O3. The summed E-state index contributed by atoms with van der Waals surface area (Å²) in [7, 11) is 1.34. The molecule has 3 aliphatic rings. The van der Waals surface area contributed by atoms with E-state index in [-0.39, 0.29) is 11.1 Å². The van der Waals surface area contributed by atoms with Gasteiger partial charge in [-0.2, -0.15) is 4.98 Å². The van der Waals surface area contributed by atoms with Crippen LogP contribution in [-0.2, 0) is 10.2 Å². The highest BCUT2D eigenvalue weighted by molar-refractivity contribution is 5.87. The van der Waals surface area contributed by atoms with Gasteiger partial charge >= 0.3 is 5.97 Å². The summed E-state index contributed by atoms with van der Waals surface area (Å²) in [5, 5.41) is 4.17. The van der Waals surface area contributed by atoms with E-state index in [2.05, 4.69) is 21.8 Å². The van der Waals surface area contributed by atoms with Crippen LogP contribution in [0.25, 0.3) is 11.4 Å². The van der Waals surface area contributed by atoms with Gasteiger partial charge in [0.2, 0.25) is 11.7 Å². The molecule has 0 aromatic carbocycles. The number of hydrogen-bond donors (Lipinski definition) is 0. The molecule has 2 bridgehead atoms. The Hall–Kier alpha value is -2.24. The standard InChI is InChI=1S/C19H23N3O3.C2H6/c1-18-6-3-7-19(10-8-18,11-9-18)17-21-15(22-25-17)13-4-5-14(20-12-13)16(23)24-2;1-2/h4-5,12H,3,6-11H2,1-2H3;1-2H3. The fraction of sp³-hybridized carbons (Fsp3) is 0.619. The molecule has 0 aliphatic heterocycles. The lowest BCUT2D eigenvalue weighted by Crippen LogP contribution is -2.32. The Bertz CT molecular complexity index is 774. The molecule has 0 atom stereocenters. The maximum absolute atomic E-state index is 11.5. The smallest absolute Gasteiger partial charge is 0.356 e. The van der Waals surface area contributed by atoms with E-state index >= 15 is 0 Å². The number of carbonyl (C=O) groups is 1. The van der Waals surface area contributed by atoms with E-state index in [9.17, 15) is 4.79 Å². The minimum Gasteiger partial charge on any atom is -0.464 e. The SMILES string of the molecule is CC.COC(=O)c1ccc(-c2noc(C34CCCC(C)(CC3)CC4)n2)cn1. The summed E-state index contributed by atoms with van der Waals surface area (Å²) in [5.74, 6) is 0.845. The lowest BCUT2D eigenvalue weighted by Gasteiger charge is -2.38. The number of carbonyl (C=O) groups excluding carboxylic acids is 1. The van der Waals surface area contributed by atoms with Gasteiger partial charge in [0.1, 0.15) is 5.69 Å². The van der Waals surface area contributed by atoms with E-state index in [1.54, 1.807) is 18.3 Å². The molecule has 2 heterocycles. The second-order valence-corrected chi connectivity index (χ2v) is 7.79. The molecule has 0 radical (unpaired) electrons. The zero-order chi connectivity index (χ0) is 19.5. The Balaban J connectivity index is 0.00000102. The van der Waals surface area contributed by atoms with Crippen LogP contribution in [0.1, 0.15) is 82.1 Å². The van der Waals surface area contributed by atoms with Gasteiger partial charge in [0.15, 0.2) is 0 Å². The number of aromatic nitrogens is 3. The lowest BCUT2D eigenvalue weighted by atomic mass is 9.66. The van der Waals surface area contributed by atoms with Crippen LogP contribution >= 0.6 is 0 Å². The average Bonchev–Trinajstić information content (AvgIpc) is 3.08. The molecule has 0 spiro atoms. The summed E-state index contributed by atoms with van der Waals surface area (Å²) in [4.78, 5) is 20.3. The number of esters is 1. The van der Waals surface area contributed by atoms with Gasteiger partial charge < -0.3 is 9.26 Å². The van der Waals surface area contributed by atoms with E-state index in [0.29, 0.717) is 11.2 Å². The van der Waals surface area contributed by atoms with Crippen LogP contribution in [0.3, 0.4) is 0 Å². The fourth-order valence-corrected chi connectivity index (χ4v) is 4.31. The molecule has 3 saturated carbocycles. The average molecular weight is 371 g/mol. The number of nitrogens with zero attached hydrogens (tertiary/aromatic N) is 3. The number of pyridine rings is 1. The van der Waals surface area contributed by atoms with Gasteiger partial charge in [-0.15, -0.1) is 0 Å². The third kappa shape index (κ3) is 3.75. The van der Waals surface area contributed by atoms with Crippen molar-refractivity contribution in [1.29, 1.82) is 0 Å². The maximum Gasteiger partial charge on any atom is 0.356 e. The van der Waals surface area contributed by atoms with Crippen molar-refractivity contribution in [1.82, 2.24) is 15.1 Å². The highest BCUT2D eigenvalue weighted by Gasteiger charge is 2.47. The summed E-state index contributed by atoms with van der Waals surface area (Å²) < 4.78 is 10.4. The highest BCUT2D eigenvalue weighted by atomic mass is 16.5. The van der Waals surface area contributed by atoms with Gasteiger partial charge in [-0.05, 0) is 56.1 Å². The molecule has 0 unspecified atom stereocenters. The predicted octanol–water partition coefficient (Wildman–Crippen LogP) is 4.95. The minimum atomic E-state index is -0.456. The topological polar surface area (TPSA) is 78.1 Å². The minimum absolute atomic E-state index is 0.0423. The van der Waals surface area contributed by atoms with Crippen LogP contribution in [0.4, 0.5) is 0 Å². The highest BCUT2D eigenvalue weighted by Crippen LogP contribution is 2.54. The van der Waals surface area contributed by atoms with E-state index in [1.807, 2.05) is 13.8 Å². The zero-order valence-electron chi connectivity index (χ0n) is 16.7. The third-order valence-electron chi connectivity index (χ3n) is 6.15. The first-order valence-electron chi connectivity index (χ1n) is 9.93. The van der Waals surface area contributed by atoms with E-state index in [4.69, 9.17) is 9.51 Å². The molecule has 3 fully saturated rings. The molecule has 3 aliphatic carbocycles. The van der Waals surface area contributed by atoms with Crippen LogP contribution in [0.15, 0.2) is 22.9 Å². The molecule has 0 saturated heterocycles. The van der Waals surface area contributed by atoms with Crippen LogP contribution in [0.5, 0.6) is 0 Å². The van der Waals surface area contributed by atoms with Crippen molar-refractivity contribution in [3.63, 3.8) is 0 Å². The summed E-state index contributed by atoms with van der Waals surface area (Å²) in [5.41, 5.74) is 1.55. The van der Waals surface area contributed by atoms with Crippen molar-refractivity contribution in [3.05, 3.63) is 29.9 Å². The number of methoxy groups -OCH3 is 1. The van der Waals surface area contributed by atoms with Gasteiger partial charge in [-0.3, -0.25) is 0 Å². The predicted molar refractivity (Wildman–Crippen MR) is 102 cm³/mol. The molecule has 6 heteroatoms. The van der Waals surface area contributed by atoms with E-state index in [0.717, 1.165) is 30.7 Å². The van der Waals surface area contributed by atoms with Crippen molar-refractivity contribution in [2.24, 2.45) is 5.41 Å². The number of fused-ring (bicyclic) bond motifs is 4. The van der Waals surface area contributed by atoms with Crippen LogP contribution < -0.4 is 0 Å². The van der Waals surface area contributed by atoms with Crippen LogP contribution in [0, 0.1) is 5.41 Å². The van der Waals surface area contributed by atoms with Gasteiger partial charge in [-0.25, -0.2) is 9.78 Å². The lowest BCUT2D eigenvalue weighted by molar-refractivity contribution is 0.0594. The Labute approximate surface area is 160 Å². The molecular weight excluding hydrogens is 342 g/mol. The first-order chi connectivity index (χ1) is 13.0. The molecule has 5 rings (SSSR count). The number of ether oxygens (including phenoxy) is 1. The zero-order valence-corrected chi connectivity index (χ0v) is 16.7. The quantitative estimate of drug-likeness (QED) is 0.711. The summed E-state index contributed by atoms with van der Waals surface area (Å²) in [6.07, 6.45) is 9.97. The number of rotatable bonds is 3. The fourth-order valence-electron chi connectivity index (χ4n) is 4.31. The van der Waals surface area contributed by atoms with E-state index < -0.39 is 5.97 Å². The first-order valence-corrected chi connectivity index (χ1v) is 9.93. The van der Waals surface area contributed by atoms with Gasteiger partial charge in [0.05, 0.1) is 7.11 Å². The molecule has 0 amide bonds. The van der Waals surface area contributed by atoms with Crippen molar-refractivity contribution in [2.75, 3.05) is 7.11 Å². The summed E-state index contributed by atoms with van der Waals surface area (Å²) in [6, 6.07) is 3.39.